The number of nitrogens with zero attached hydrogens (tertiary/aromatic N) is 10. The van der Waals surface area contributed by atoms with Crippen LogP contribution in [0, 0.1) is 34.6 Å². The molecule has 0 aromatic carbocycles. The zero-order valence-electron chi connectivity index (χ0n) is 26.7. The van der Waals surface area contributed by atoms with Crippen molar-refractivity contribution in [2.75, 3.05) is 10.0 Å². The first kappa shape index (κ1) is 30.1. The Balaban J connectivity index is 1.44. The van der Waals surface area contributed by atoms with Gasteiger partial charge in [-0.1, -0.05) is 18.2 Å². The molecule has 8 aromatic heterocycles. The maximum absolute atomic E-state index is 5.14. The van der Waals surface area contributed by atoms with Crippen LogP contribution in [0.3, 0.4) is 0 Å². The van der Waals surface area contributed by atoms with Crippen LogP contribution in [-0.2, 0) is 0 Å². The van der Waals surface area contributed by atoms with Gasteiger partial charge < -0.3 is 0 Å². The molecule has 0 atom stereocenters. The van der Waals surface area contributed by atoms with E-state index in [1.54, 1.807) is 28.9 Å². The number of hydrazine groups is 1. The van der Waals surface area contributed by atoms with Crippen molar-refractivity contribution in [2.24, 2.45) is 0 Å². The number of pyridine rings is 5. The minimum atomic E-state index is 0.579. The lowest BCUT2D eigenvalue weighted by Gasteiger charge is -2.34. The van der Waals surface area contributed by atoms with Crippen molar-refractivity contribution in [3.63, 3.8) is 0 Å². The van der Waals surface area contributed by atoms with Gasteiger partial charge in [-0.25, -0.2) is 39.9 Å². The Morgan fingerprint density at radius 2 is 1.25 bits per heavy atom. The highest BCUT2D eigenvalue weighted by atomic mass is 32.1. The highest BCUT2D eigenvalue weighted by Crippen LogP contribution is 2.43. The van der Waals surface area contributed by atoms with Crippen LogP contribution in [-0.4, -0.2) is 39.9 Å². The van der Waals surface area contributed by atoms with E-state index < -0.39 is 0 Å². The van der Waals surface area contributed by atoms with Crippen LogP contribution in [0.25, 0.3) is 43.6 Å². The van der Waals surface area contributed by atoms with Gasteiger partial charge in [0.1, 0.15) is 16.0 Å². The van der Waals surface area contributed by atoms with E-state index in [0.717, 1.165) is 60.4 Å². The summed E-state index contributed by atoms with van der Waals surface area (Å²) in [5, 5.41) is 14.3. The van der Waals surface area contributed by atoms with E-state index in [4.69, 9.17) is 34.9 Å². The van der Waals surface area contributed by atoms with Crippen molar-refractivity contribution < 1.29 is 0 Å². The summed E-state index contributed by atoms with van der Waals surface area (Å²) in [5.74, 6) is 1.83. The van der Waals surface area contributed by atoms with Crippen molar-refractivity contribution in [3.05, 3.63) is 105 Å². The third-order valence-electron chi connectivity index (χ3n) is 7.74. The molecule has 236 valence electrons. The van der Waals surface area contributed by atoms with E-state index in [1.165, 1.54) is 11.3 Å². The molecular formula is C35H28N10S3. The van der Waals surface area contributed by atoms with Crippen molar-refractivity contribution in [1.29, 1.82) is 0 Å². The fourth-order valence-electron chi connectivity index (χ4n) is 5.60. The van der Waals surface area contributed by atoms with Gasteiger partial charge in [-0.15, -0.1) is 34.0 Å². The second-order valence-electron chi connectivity index (χ2n) is 11.3. The highest BCUT2D eigenvalue weighted by molar-refractivity contribution is 7.14. The van der Waals surface area contributed by atoms with E-state index in [1.807, 2.05) is 104 Å². The zero-order chi connectivity index (χ0) is 32.9. The molecule has 0 fully saturated rings. The molecule has 0 N–H and O–H groups in total. The second kappa shape index (κ2) is 12.1. The van der Waals surface area contributed by atoms with Gasteiger partial charge in [-0.2, -0.15) is 5.01 Å². The molecule has 0 aliphatic rings. The fourth-order valence-corrected chi connectivity index (χ4v) is 7.63. The predicted octanol–water partition coefficient (Wildman–Crippen LogP) is 9.10. The number of aryl methyl sites for hydroxylation is 5. The molecule has 0 radical (unpaired) electrons. The summed E-state index contributed by atoms with van der Waals surface area (Å²) in [6, 6.07) is 14.2. The lowest BCUT2D eigenvalue weighted by Crippen LogP contribution is -2.38. The molecule has 13 heteroatoms. The van der Waals surface area contributed by atoms with Crippen molar-refractivity contribution in [2.45, 2.75) is 34.6 Å². The van der Waals surface area contributed by atoms with Crippen LogP contribution in [0.4, 0.5) is 22.6 Å². The Morgan fingerprint density at radius 3 is 1.88 bits per heavy atom. The number of rotatable bonds is 7. The zero-order valence-corrected chi connectivity index (χ0v) is 29.2. The normalized spacial score (nSPS) is 11.4. The lowest BCUT2D eigenvalue weighted by molar-refractivity contribution is 0.915. The molecule has 8 heterocycles. The Hall–Kier alpha value is -5.24. The van der Waals surface area contributed by atoms with Crippen molar-refractivity contribution in [1.82, 2.24) is 39.9 Å². The Morgan fingerprint density at radius 1 is 0.562 bits per heavy atom. The first-order valence-corrected chi connectivity index (χ1v) is 17.8. The van der Waals surface area contributed by atoms with Gasteiger partial charge in [0, 0.05) is 73.7 Å². The summed E-state index contributed by atoms with van der Waals surface area (Å²) in [4.78, 5) is 39.8. The van der Waals surface area contributed by atoms with E-state index in [2.05, 4.69) is 17.1 Å². The van der Waals surface area contributed by atoms with Crippen molar-refractivity contribution in [3.8, 4) is 21.8 Å². The van der Waals surface area contributed by atoms with Crippen molar-refractivity contribution >= 4 is 78.4 Å². The van der Waals surface area contributed by atoms with Gasteiger partial charge >= 0.3 is 0 Å². The molecule has 0 saturated carbocycles. The van der Waals surface area contributed by atoms with Crippen LogP contribution in [0.2, 0.25) is 0 Å². The number of hydrogen-bond acceptors (Lipinski definition) is 13. The summed E-state index contributed by atoms with van der Waals surface area (Å²) in [5.41, 5.74) is 7.59. The van der Waals surface area contributed by atoms with Gasteiger partial charge in [0.2, 0.25) is 5.13 Å². The molecule has 0 saturated heterocycles. The average Bonchev–Trinajstić information content (AvgIpc) is 3.86. The molecule has 8 aromatic rings. The first-order chi connectivity index (χ1) is 23.3. The maximum Gasteiger partial charge on any atom is 0.211 e. The molecule has 10 nitrogen and oxygen atoms in total. The number of thiazole rings is 3. The second-order valence-corrected chi connectivity index (χ2v) is 14.1. The fraction of sp³-hybridized carbons (Fsp3) is 0.143. The standard InChI is InChI=1S/C35H28N10S3/c1-19-7-6-8-28(39-19)26-15-37-32(30-24(26)11-9-20(2)40-30)44(29-18-47-23(5)43-29)45(35-42-22(4)17-48-35)33-31-25(12-10-21(3)41-31)27(16-38-33)34-36-13-14-46-34/h6-18H,1-5H3. The summed E-state index contributed by atoms with van der Waals surface area (Å²) < 4.78 is 0. The maximum atomic E-state index is 5.14. The van der Waals surface area contributed by atoms with E-state index in [9.17, 15) is 0 Å². The molecule has 0 spiro atoms. The van der Waals surface area contributed by atoms with Gasteiger partial charge in [0.05, 0.1) is 16.4 Å². The van der Waals surface area contributed by atoms with Gasteiger partial charge in [0.25, 0.3) is 0 Å². The van der Waals surface area contributed by atoms with Gasteiger partial charge in [-0.3, -0.25) is 4.98 Å². The van der Waals surface area contributed by atoms with Crippen LogP contribution in [0.15, 0.2) is 77.2 Å². The first-order valence-electron chi connectivity index (χ1n) is 15.1. The van der Waals surface area contributed by atoms with Gasteiger partial charge in [-0.05, 0) is 58.9 Å². The van der Waals surface area contributed by atoms with Crippen LogP contribution in [0.5, 0.6) is 0 Å². The van der Waals surface area contributed by atoms with E-state index in [0.29, 0.717) is 33.6 Å². The van der Waals surface area contributed by atoms with Gasteiger partial charge in [0.15, 0.2) is 17.5 Å². The van der Waals surface area contributed by atoms with E-state index >= 15 is 0 Å². The summed E-state index contributed by atoms with van der Waals surface area (Å²) in [6.07, 6.45) is 5.54. The lowest BCUT2D eigenvalue weighted by atomic mass is 10.1. The molecule has 0 bridgehead atoms. The van der Waals surface area contributed by atoms with E-state index in [-0.39, 0.29) is 0 Å². The Bertz CT molecular complexity index is 2450. The number of hydrogen-bond donors (Lipinski definition) is 0. The summed E-state index contributed by atoms with van der Waals surface area (Å²) >= 11 is 4.64. The average molecular weight is 685 g/mol. The third-order valence-corrected chi connectivity index (χ3v) is 10.2. The van der Waals surface area contributed by atoms with Crippen LogP contribution >= 0.6 is 34.0 Å². The quantitative estimate of drug-likeness (QED) is 0.151. The number of fused-ring (bicyclic) bond motifs is 2. The monoisotopic (exact) mass is 684 g/mol. The predicted molar refractivity (Wildman–Crippen MR) is 196 cm³/mol. The summed E-state index contributed by atoms with van der Waals surface area (Å²) in [6.45, 7) is 9.93. The molecule has 48 heavy (non-hydrogen) atoms. The number of anilines is 4. The number of aromatic nitrogens is 8. The summed E-state index contributed by atoms with van der Waals surface area (Å²) in [7, 11) is 0. The Labute approximate surface area is 288 Å². The minimum absolute atomic E-state index is 0.579. The highest BCUT2D eigenvalue weighted by Gasteiger charge is 2.32. The molecule has 0 unspecified atom stereocenters. The smallest absolute Gasteiger partial charge is 0.211 e. The largest absolute Gasteiger partial charge is 0.253 e. The Kier molecular flexibility index (Phi) is 7.58. The minimum Gasteiger partial charge on any atom is -0.253 e. The molecule has 0 aliphatic heterocycles. The molecule has 0 amide bonds. The molecule has 0 aliphatic carbocycles. The SMILES string of the molecule is Cc1cccc(-c2cnc(N(c3csc(C)n3)N(c3nc(C)cs3)c3ncc(-c4nccs4)c4ccc(C)nc34)c3nc(C)ccc23)n1. The topological polar surface area (TPSA) is 110 Å². The molecule has 8 rings (SSSR count). The van der Waals surface area contributed by atoms with Crippen LogP contribution < -0.4 is 10.0 Å². The third kappa shape index (κ3) is 5.35. The molecular weight excluding hydrogens is 657 g/mol. The van der Waals surface area contributed by atoms with Crippen LogP contribution in [0.1, 0.15) is 27.8 Å².